The molecule has 0 amide bonds. The molecule has 1 aliphatic rings. The Morgan fingerprint density at radius 3 is 2.73 bits per heavy atom. The van der Waals surface area contributed by atoms with E-state index in [-0.39, 0.29) is 5.54 Å². The van der Waals surface area contributed by atoms with Crippen LogP contribution in [-0.2, 0) is 5.54 Å². The van der Waals surface area contributed by atoms with Crippen molar-refractivity contribution in [1.29, 1.82) is 0 Å². The summed E-state index contributed by atoms with van der Waals surface area (Å²) in [6.45, 7) is 3.98. The first-order valence-corrected chi connectivity index (χ1v) is 5.09. The largest absolute Gasteiger partial charge is 0.319 e. The Bertz CT molecular complexity index is 538. The van der Waals surface area contributed by atoms with Crippen LogP contribution < -0.4 is 5.73 Å². The number of hydrogen-bond acceptors (Lipinski definition) is 4. The number of hydrogen-bond donors (Lipinski definition) is 1. The zero-order valence-corrected chi connectivity index (χ0v) is 8.86. The van der Waals surface area contributed by atoms with Crippen LogP contribution in [0.15, 0.2) is 6.07 Å². The van der Waals surface area contributed by atoms with E-state index < -0.39 is 0 Å². The Labute approximate surface area is 87.3 Å². The van der Waals surface area contributed by atoms with Crippen LogP contribution in [0.1, 0.15) is 30.1 Å². The smallest absolute Gasteiger partial charge is 0.255 e. The molecular weight excluding hydrogens is 190 g/mol. The second-order valence-electron chi connectivity index (χ2n) is 4.35. The highest BCUT2D eigenvalue weighted by molar-refractivity contribution is 5.35. The predicted molar refractivity (Wildman–Crippen MR) is 55.4 cm³/mol. The molecule has 2 heterocycles. The van der Waals surface area contributed by atoms with Crippen molar-refractivity contribution in [3.05, 3.63) is 23.3 Å². The fraction of sp³-hybridized carbons (Fsp3) is 0.500. The van der Waals surface area contributed by atoms with Crippen LogP contribution >= 0.6 is 0 Å². The van der Waals surface area contributed by atoms with Gasteiger partial charge in [-0.1, -0.05) is 0 Å². The summed E-state index contributed by atoms with van der Waals surface area (Å²) in [7, 11) is 0. The third kappa shape index (κ3) is 1.16. The molecule has 2 aromatic rings. The van der Waals surface area contributed by atoms with E-state index in [1.54, 1.807) is 0 Å². The molecule has 0 aliphatic heterocycles. The summed E-state index contributed by atoms with van der Waals surface area (Å²) < 4.78 is 1.96. The molecule has 1 aliphatic carbocycles. The average molecular weight is 203 g/mol. The standard InChI is InChI=1S/C10H13N5/c1-6-5-7(2)15-8(10(11)3-4-10)13-14-9(15)12-6/h5H,3-4,11H2,1-2H3. The van der Waals surface area contributed by atoms with Gasteiger partial charge in [-0.3, -0.25) is 4.40 Å². The number of nitrogens with zero attached hydrogens (tertiary/aromatic N) is 4. The van der Waals surface area contributed by atoms with Gasteiger partial charge >= 0.3 is 0 Å². The lowest BCUT2D eigenvalue weighted by molar-refractivity contribution is 0.656. The molecule has 0 saturated heterocycles. The molecule has 0 spiro atoms. The first-order valence-electron chi connectivity index (χ1n) is 5.09. The molecule has 0 unspecified atom stereocenters. The molecule has 0 bridgehead atoms. The van der Waals surface area contributed by atoms with E-state index in [0.717, 1.165) is 30.1 Å². The summed E-state index contributed by atoms with van der Waals surface area (Å²) in [6.07, 6.45) is 1.97. The Kier molecular flexibility index (Phi) is 1.49. The lowest BCUT2D eigenvalue weighted by Gasteiger charge is -2.08. The van der Waals surface area contributed by atoms with Crippen LogP contribution in [-0.4, -0.2) is 19.6 Å². The van der Waals surface area contributed by atoms with Crippen LogP contribution in [0.25, 0.3) is 5.78 Å². The second kappa shape index (κ2) is 2.55. The summed E-state index contributed by atoms with van der Waals surface area (Å²) >= 11 is 0. The highest BCUT2D eigenvalue weighted by atomic mass is 15.3. The maximum Gasteiger partial charge on any atom is 0.255 e. The number of nitrogens with two attached hydrogens (primary N) is 1. The molecule has 1 fully saturated rings. The molecule has 5 nitrogen and oxygen atoms in total. The Balaban J connectivity index is 2.33. The van der Waals surface area contributed by atoms with E-state index in [2.05, 4.69) is 15.2 Å². The topological polar surface area (TPSA) is 69.1 Å². The van der Waals surface area contributed by atoms with Gasteiger partial charge in [0.15, 0.2) is 5.82 Å². The predicted octanol–water partition coefficient (Wildman–Crippen LogP) is 0.689. The highest BCUT2D eigenvalue weighted by Gasteiger charge is 2.44. The van der Waals surface area contributed by atoms with Crippen LogP contribution in [0.4, 0.5) is 0 Å². The summed E-state index contributed by atoms with van der Waals surface area (Å²) in [4.78, 5) is 4.33. The lowest BCUT2D eigenvalue weighted by atomic mass is 10.2. The normalized spacial score (nSPS) is 18.3. The highest BCUT2D eigenvalue weighted by Crippen LogP contribution is 2.41. The van der Waals surface area contributed by atoms with Crippen molar-refractivity contribution in [3.8, 4) is 0 Å². The van der Waals surface area contributed by atoms with E-state index in [0.29, 0.717) is 5.78 Å². The van der Waals surface area contributed by atoms with Crippen molar-refractivity contribution in [3.63, 3.8) is 0 Å². The van der Waals surface area contributed by atoms with Crippen molar-refractivity contribution in [2.24, 2.45) is 5.73 Å². The molecule has 3 rings (SSSR count). The van der Waals surface area contributed by atoms with E-state index in [4.69, 9.17) is 5.73 Å². The van der Waals surface area contributed by atoms with E-state index in [1.807, 2.05) is 24.3 Å². The summed E-state index contributed by atoms with van der Waals surface area (Å²) in [5.41, 5.74) is 7.92. The minimum absolute atomic E-state index is 0.263. The van der Waals surface area contributed by atoms with Gasteiger partial charge in [0.1, 0.15) is 0 Å². The minimum atomic E-state index is -0.263. The zero-order valence-electron chi connectivity index (χ0n) is 8.86. The van der Waals surface area contributed by atoms with Gasteiger partial charge in [-0.25, -0.2) is 4.98 Å². The van der Waals surface area contributed by atoms with Crippen molar-refractivity contribution in [2.45, 2.75) is 32.2 Å². The van der Waals surface area contributed by atoms with Gasteiger partial charge in [0.2, 0.25) is 0 Å². The third-order valence-electron chi connectivity index (χ3n) is 2.93. The fourth-order valence-corrected chi connectivity index (χ4v) is 1.91. The fourth-order valence-electron chi connectivity index (χ4n) is 1.91. The Hall–Kier alpha value is -1.49. The van der Waals surface area contributed by atoms with E-state index in [1.165, 1.54) is 0 Å². The van der Waals surface area contributed by atoms with Crippen molar-refractivity contribution in [1.82, 2.24) is 19.6 Å². The monoisotopic (exact) mass is 203 g/mol. The summed E-state index contributed by atoms with van der Waals surface area (Å²) in [5, 5.41) is 8.23. The van der Waals surface area contributed by atoms with Crippen LogP contribution in [0.5, 0.6) is 0 Å². The molecule has 78 valence electrons. The molecule has 2 N–H and O–H groups in total. The van der Waals surface area contributed by atoms with Crippen LogP contribution in [0.2, 0.25) is 0 Å². The molecule has 2 aromatic heterocycles. The minimum Gasteiger partial charge on any atom is -0.319 e. The van der Waals surface area contributed by atoms with Gasteiger partial charge in [0.05, 0.1) is 5.54 Å². The Morgan fingerprint density at radius 1 is 1.33 bits per heavy atom. The van der Waals surface area contributed by atoms with Gasteiger partial charge in [-0.15, -0.1) is 10.2 Å². The van der Waals surface area contributed by atoms with Gasteiger partial charge < -0.3 is 5.73 Å². The number of aromatic nitrogens is 4. The molecule has 0 aromatic carbocycles. The molecule has 0 radical (unpaired) electrons. The van der Waals surface area contributed by atoms with Gasteiger partial charge in [-0.05, 0) is 32.8 Å². The molecular formula is C10H13N5. The first kappa shape index (κ1) is 8.79. The van der Waals surface area contributed by atoms with E-state index >= 15 is 0 Å². The van der Waals surface area contributed by atoms with Gasteiger partial charge in [0.25, 0.3) is 5.78 Å². The number of fused-ring (bicyclic) bond motifs is 1. The second-order valence-corrected chi connectivity index (χ2v) is 4.35. The summed E-state index contributed by atoms with van der Waals surface area (Å²) in [6, 6.07) is 2.02. The third-order valence-corrected chi connectivity index (χ3v) is 2.93. The molecule has 15 heavy (non-hydrogen) atoms. The van der Waals surface area contributed by atoms with Crippen molar-refractivity contribution < 1.29 is 0 Å². The SMILES string of the molecule is Cc1cc(C)n2c(C3(N)CC3)nnc2n1. The Morgan fingerprint density at radius 2 is 2.07 bits per heavy atom. The number of rotatable bonds is 1. The lowest BCUT2D eigenvalue weighted by Crippen LogP contribution is -2.23. The van der Waals surface area contributed by atoms with E-state index in [9.17, 15) is 0 Å². The van der Waals surface area contributed by atoms with Crippen molar-refractivity contribution >= 4 is 5.78 Å². The zero-order chi connectivity index (χ0) is 10.6. The average Bonchev–Trinajstić information content (AvgIpc) is 2.76. The first-order chi connectivity index (χ1) is 7.10. The molecule has 5 heteroatoms. The molecule has 1 saturated carbocycles. The van der Waals surface area contributed by atoms with Crippen LogP contribution in [0.3, 0.4) is 0 Å². The summed E-state index contributed by atoms with van der Waals surface area (Å²) in [5.74, 6) is 1.50. The number of aryl methyl sites for hydroxylation is 2. The quantitative estimate of drug-likeness (QED) is 0.740. The maximum absolute atomic E-state index is 6.13. The van der Waals surface area contributed by atoms with Gasteiger partial charge in [0, 0.05) is 11.4 Å². The van der Waals surface area contributed by atoms with Gasteiger partial charge in [-0.2, -0.15) is 0 Å². The molecule has 0 atom stereocenters. The van der Waals surface area contributed by atoms with Crippen molar-refractivity contribution in [2.75, 3.05) is 0 Å². The maximum atomic E-state index is 6.13. The van der Waals surface area contributed by atoms with Crippen LogP contribution in [0, 0.1) is 13.8 Å².